The molecular formula is C17H15FN2O4S3. The van der Waals surface area contributed by atoms with Crippen LogP contribution in [0.15, 0.2) is 40.7 Å². The molecule has 0 saturated carbocycles. The van der Waals surface area contributed by atoms with Crippen molar-refractivity contribution in [1.82, 2.24) is 10.2 Å². The molecule has 1 saturated heterocycles. The third-order valence-corrected chi connectivity index (χ3v) is 6.63. The Kier molecular flexibility index (Phi) is 5.78. The Morgan fingerprint density at radius 3 is 2.89 bits per heavy atom. The zero-order valence-corrected chi connectivity index (χ0v) is 16.4. The number of hydrogen-bond acceptors (Lipinski definition) is 6. The predicted octanol–water partition coefficient (Wildman–Crippen LogP) is 1.84. The van der Waals surface area contributed by atoms with Crippen molar-refractivity contribution in [2.24, 2.45) is 0 Å². The average molecular weight is 427 g/mol. The third-order valence-electron chi connectivity index (χ3n) is 3.86. The molecule has 0 radical (unpaired) electrons. The van der Waals surface area contributed by atoms with E-state index in [0.717, 1.165) is 17.2 Å². The molecule has 2 aliphatic heterocycles. The summed E-state index contributed by atoms with van der Waals surface area (Å²) in [6.45, 7) is 0.0835. The summed E-state index contributed by atoms with van der Waals surface area (Å²) in [5.41, 5.74) is 0.544. The number of amides is 2. The standard InChI is InChI=1S/C17H15FN2O4S3/c18-12-3-1-2-11(8-12)9-14-16(22)20(17(25)26-14)6-4-15(21)19-13-5-7-27(23,24)10-13/h1-3,5,7-9,13H,4,6,10H2,(H,19,21)/b14-9+/t13-/m0/s1. The van der Waals surface area contributed by atoms with Crippen molar-refractivity contribution in [3.63, 3.8) is 0 Å². The molecule has 142 valence electrons. The van der Waals surface area contributed by atoms with Gasteiger partial charge in [-0.05, 0) is 29.8 Å². The molecule has 2 amide bonds. The van der Waals surface area contributed by atoms with Crippen LogP contribution in [0.1, 0.15) is 12.0 Å². The molecule has 2 aliphatic rings. The molecule has 27 heavy (non-hydrogen) atoms. The summed E-state index contributed by atoms with van der Waals surface area (Å²) in [4.78, 5) is 26.2. The number of benzene rings is 1. The normalized spacial score (nSPS) is 22.6. The summed E-state index contributed by atoms with van der Waals surface area (Å²) in [7, 11) is -3.25. The second-order valence-electron chi connectivity index (χ2n) is 5.97. The van der Waals surface area contributed by atoms with Gasteiger partial charge in [0.05, 0.1) is 16.7 Å². The first-order valence-corrected chi connectivity index (χ1v) is 10.9. The second-order valence-corrected chi connectivity index (χ2v) is 9.58. The van der Waals surface area contributed by atoms with Crippen molar-refractivity contribution in [3.8, 4) is 0 Å². The van der Waals surface area contributed by atoms with E-state index in [1.807, 2.05) is 0 Å². The van der Waals surface area contributed by atoms with Crippen LogP contribution in [-0.4, -0.2) is 47.8 Å². The summed E-state index contributed by atoms with van der Waals surface area (Å²) in [6, 6.07) is 5.28. The fourth-order valence-electron chi connectivity index (χ4n) is 2.60. The molecule has 10 heteroatoms. The van der Waals surface area contributed by atoms with E-state index < -0.39 is 21.7 Å². The number of halogens is 1. The number of thiocarbonyl (C=S) groups is 1. The average Bonchev–Trinajstić information content (AvgIpc) is 3.05. The highest BCUT2D eigenvalue weighted by Crippen LogP contribution is 2.32. The van der Waals surface area contributed by atoms with Gasteiger partial charge in [-0.1, -0.05) is 36.1 Å². The van der Waals surface area contributed by atoms with Crippen LogP contribution < -0.4 is 5.32 Å². The summed E-state index contributed by atoms with van der Waals surface area (Å²) in [6.07, 6.45) is 2.97. The molecule has 1 fully saturated rings. The Labute approximate surface area is 165 Å². The molecule has 0 bridgehead atoms. The topological polar surface area (TPSA) is 83.6 Å². The van der Waals surface area contributed by atoms with E-state index >= 15 is 0 Å². The second kappa shape index (κ2) is 7.91. The van der Waals surface area contributed by atoms with Crippen LogP contribution in [0.25, 0.3) is 6.08 Å². The first-order chi connectivity index (χ1) is 12.7. The van der Waals surface area contributed by atoms with Gasteiger partial charge in [-0.3, -0.25) is 14.5 Å². The molecule has 0 unspecified atom stereocenters. The van der Waals surface area contributed by atoms with Crippen molar-refractivity contribution >= 4 is 56.0 Å². The summed E-state index contributed by atoms with van der Waals surface area (Å²) >= 11 is 6.28. The number of thioether (sulfide) groups is 1. The quantitative estimate of drug-likeness (QED) is 0.572. The number of sulfone groups is 1. The Hall–Kier alpha value is -2.04. The number of carbonyl (C=O) groups is 2. The van der Waals surface area contributed by atoms with Crippen molar-refractivity contribution in [3.05, 3.63) is 52.0 Å². The first kappa shape index (κ1) is 19.7. The van der Waals surface area contributed by atoms with Gasteiger partial charge >= 0.3 is 0 Å². The Bertz CT molecular complexity index is 972. The van der Waals surface area contributed by atoms with Gasteiger partial charge in [0.15, 0.2) is 9.84 Å². The number of rotatable bonds is 5. The largest absolute Gasteiger partial charge is 0.349 e. The summed E-state index contributed by atoms with van der Waals surface area (Å²) < 4.78 is 36.3. The van der Waals surface area contributed by atoms with Gasteiger partial charge in [0.2, 0.25) is 5.91 Å². The zero-order chi connectivity index (χ0) is 19.6. The molecule has 1 aromatic rings. The lowest BCUT2D eigenvalue weighted by Gasteiger charge is -2.15. The smallest absolute Gasteiger partial charge is 0.266 e. The number of hydrogen-bond donors (Lipinski definition) is 1. The highest BCUT2D eigenvalue weighted by Gasteiger charge is 2.32. The monoisotopic (exact) mass is 426 g/mol. The van der Waals surface area contributed by atoms with Gasteiger partial charge < -0.3 is 5.32 Å². The molecule has 6 nitrogen and oxygen atoms in total. The van der Waals surface area contributed by atoms with Gasteiger partial charge in [-0.15, -0.1) is 0 Å². The fraction of sp³-hybridized carbons (Fsp3) is 0.235. The van der Waals surface area contributed by atoms with Crippen molar-refractivity contribution in [2.75, 3.05) is 12.3 Å². The van der Waals surface area contributed by atoms with E-state index in [1.54, 1.807) is 18.2 Å². The van der Waals surface area contributed by atoms with Crippen molar-refractivity contribution in [2.45, 2.75) is 12.5 Å². The van der Waals surface area contributed by atoms with Crippen LogP contribution in [0.5, 0.6) is 0 Å². The molecule has 1 atom stereocenters. The van der Waals surface area contributed by atoms with E-state index in [-0.39, 0.29) is 30.5 Å². The lowest BCUT2D eigenvalue weighted by atomic mass is 10.2. The van der Waals surface area contributed by atoms with E-state index in [0.29, 0.717) is 14.8 Å². The highest BCUT2D eigenvalue weighted by atomic mass is 32.2. The van der Waals surface area contributed by atoms with Crippen LogP contribution >= 0.6 is 24.0 Å². The predicted molar refractivity (Wildman–Crippen MR) is 106 cm³/mol. The van der Waals surface area contributed by atoms with Gasteiger partial charge in [0, 0.05) is 18.4 Å². The first-order valence-electron chi connectivity index (χ1n) is 7.95. The highest BCUT2D eigenvalue weighted by molar-refractivity contribution is 8.26. The molecule has 1 aromatic carbocycles. The Balaban J connectivity index is 1.58. The van der Waals surface area contributed by atoms with E-state index in [2.05, 4.69) is 5.32 Å². The van der Waals surface area contributed by atoms with E-state index in [9.17, 15) is 22.4 Å². The summed E-state index contributed by atoms with van der Waals surface area (Å²) in [5.74, 6) is -1.27. The van der Waals surface area contributed by atoms with E-state index in [4.69, 9.17) is 12.2 Å². The molecule has 0 aromatic heterocycles. The van der Waals surface area contributed by atoms with Gasteiger partial charge in [-0.25, -0.2) is 12.8 Å². The van der Waals surface area contributed by atoms with Gasteiger partial charge in [-0.2, -0.15) is 0 Å². The fourth-order valence-corrected chi connectivity index (χ4v) is 5.14. The molecule has 0 aliphatic carbocycles. The summed E-state index contributed by atoms with van der Waals surface area (Å²) in [5, 5.41) is 3.68. The zero-order valence-electron chi connectivity index (χ0n) is 13.9. The molecule has 1 N–H and O–H groups in total. The third kappa shape index (κ3) is 5.02. The number of nitrogens with one attached hydrogen (secondary N) is 1. The lowest BCUT2D eigenvalue weighted by molar-refractivity contribution is -0.124. The van der Waals surface area contributed by atoms with E-state index in [1.165, 1.54) is 23.1 Å². The SMILES string of the molecule is O=C(CCN1C(=O)/C(=C\c2cccc(F)c2)SC1=S)N[C@H]1C=CS(=O)(=O)C1. The maximum Gasteiger partial charge on any atom is 0.266 e. The van der Waals surface area contributed by atoms with Crippen molar-refractivity contribution < 1.29 is 22.4 Å². The maximum atomic E-state index is 13.3. The minimum Gasteiger partial charge on any atom is -0.349 e. The van der Waals surface area contributed by atoms with Crippen LogP contribution in [0.3, 0.4) is 0 Å². The lowest BCUT2D eigenvalue weighted by Crippen LogP contribution is -2.38. The molecule has 2 heterocycles. The Morgan fingerprint density at radius 2 is 2.22 bits per heavy atom. The minimum atomic E-state index is -3.25. The minimum absolute atomic E-state index is 0.00985. The van der Waals surface area contributed by atoms with Crippen molar-refractivity contribution in [1.29, 1.82) is 0 Å². The van der Waals surface area contributed by atoms with Gasteiger partial charge in [0.25, 0.3) is 5.91 Å². The Morgan fingerprint density at radius 1 is 1.44 bits per heavy atom. The van der Waals surface area contributed by atoms with Gasteiger partial charge in [0.1, 0.15) is 10.1 Å². The van der Waals surface area contributed by atoms with Crippen LogP contribution in [-0.2, 0) is 19.4 Å². The van der Waals surface area contributed by atoms with Crippen LogP contribution in [0, 0.1) is 5.82 Å². The molecular weight excluding hydrogens is 411 g/mol. The number of nitrogens with zero attached hydrogens (tertiary/aromatic N) is 1. The van der Waals surface area contributed by atoms with Crippen LogP contribution in [0.4, 0.5) is 4.39 Å². The molecule has 3 rings (SSSR count). The molecule has 0 spiro atoms. The van der Waals surface area contributed by atoms with Crippen LogP contribution in [0.2, 0.25) is 0 Å². The number of carbonyl (C=O) groups excluding carboxylic acids is 2. The maximum absolute atomic E-state index is 13.3.